The van der Waals surface area contributed by atoms with Gasteiger partial charge in [0.05, 0.1) is 16.7 Å². The largest absolute Gasteiger partial charge is 0.330 e. The molecule has 1 N–H and O–H groups in total. The number of H-pyrrole nitrogens is 1. The van der Waals surface area contributed by atoms with Crippen molar-refractivity contribution in [1.82, 2.24) is 9.55 Å². The van der Waals surface area contributed by atoms with Gasteiger partial charge in [0.25, 0.3) is 0 Å². The predicted octanol–water partition coefficient (Wildman–Crippen LogP) is 5.07. The van der Waals surface area contributed by atoms with Crippen LogP contribution in [0.3, 0.4) is 0 Å². The molecular formula is C15H13BrN2S. The summed E-state index contributed by atoms with van der Waals surface area (Å²) in [7, 11) is 0. The van der Waals surface area contributed by atoms with E-state index in [9.17, 15) is 0 Å². The van der Waals surface area contributed by atoms with Crippen LogP contribution < -0.4 is 0 Å². The summed E-state index contributed by atoms with van der Waals surface area (Å²) in [6.07, 6.45) is 0. The van der Waals surface area contributed by atoms with E-state index in [1.54, 1.807) is 0 Å². The molecule has 0 amide bonds. The first-order valence-electron chi connectivity index (χ1n) is 6.04. The summed E-state index contributed by atoms with van der Waals surface area (Å²) in [6.45, 7) is 4.19. The molecule has 0 bridgehead atoms. The Hall–Kier alpha value is -1.39. The van der Waals surface area contributed by atoms with E-state index in [-0.39, 0.29) is 0 Å². The van der Waals surface area contributed by atoms with E-state index in [0.29, 0.717) is 0 Å². The van der Waals surface area contributed by atoms with Gasteiger partial charge in [-0.25, -0.2) is 0 Å². The fourth-order valence-electron chi connectivity index (χ4n) is 2.28. The lowest BCUT2D eigenvalue weighted by Gasteiger charge is -2.09. The van der Waals surface area contributed by atoms with E-state index < -0.39 is 0 Å². The number of aromatic amines is 1. The minimum Gasteiger partial charge on any atom is -0.330 e. The third kappa shape index (κ3) is 2.15. The van der Waals surface area contributed by atoms with Crippen molar-refractivity contribution in [2.75, 3.05) is 0 Å². The lowest BCUT2D eigenvalue weighted by Crippen LogP contribution is -1.97. The molecule has 0 unspecified atom stereocenters. The molecule has 96 valence electrons. The molecular weight excluding hydrogens is 320 g/mol. The molecule has 2 nitrogen and oxygen atoms in total. The van der Waals surface area contributed by atoms with Gasteiger partial charge in [0.1, 0.15) is 0 Å². The maximum atomic E-state index is 5.47. The van der Waals surface area contributed by atoms with Gasteiger partial charge in [0, 0.05) is 4.47 Å². The number of aryl methyl sites for hydroxylation is 2. The van der Waals surface area contributed by atoms with E-state index in [0.717, 1.165) is 26.0 Å². The molecule has 0 radical (unpaired) electrons. The molecule has 0 atom stereocenters. The highest BCUT2D eigenvalue weighted by atomic mass is 79.9. The second kappa shape index (κ2) is 4.62. The van der Waals surface area contributed by atoms with Crippen molar-refractivity contribution in [2.45, 2.75) is 13.8 Å². The Morgan fingerprint density at radius 1 is 1.11 bits per heavy atom. The standard InChI is InChI=1S/C15H13BrN2S/c1-9-3-6-12-14(7-9)18(15(19)17-12)13-8-11(16)5-4-10(13)2/h3-8H,1-2H3,(H,17,19). The van der Waals surface area contributed by atoms with Gasteiger partial charge in [-0.05, 0) is 61.5 Å². The molecule has 3 rings (SSSR count). The molecule has 3 aromatic rings. The average Bonchev–Trinajstić information content (AvgIpc) is 2.68. The summed E-state index contributed by atoms with van der Waals surface area (Å²) < 4.78 is 3.87. The van der Waals surface area contributed by atoms with E-state index in [2.05, 4.69) is 69.7 Å². The van der Waals surface area contributed by atoms with Crippen LogP contribution in [0.2, 0.25) is 0 Å². The van der Waals surface area contributed by atoms with Gasteiger partial charge >= 0.3 is 0 Å². The molecule has 0 aliphatic carbocycles. The van der Waals surface area contributed by atoms with Crippen LogP contribution in [0.5, 0.6) is 0 Å². The monoisotopic (exact) mass is 332 g/mol. The first-order chi connectivity index (χ1) is 9.06. The number of benzene rings is 2. The molecule has 19 heavy (non-hydrogen) atoms. The van der Waals surface area contributed by atoms with Gasteiger partial charge in [0.2, 0.25) is 0 Å². The highest BCUT2D eigenvalue weighted by Crippen LogP contribution is 2.25. The molecule has 0 aliphatic rings. The van der Waals surface area contributed by atoms with E-state index >= 15 is 0 Å². The third-order valence-electron chi connectivity index (χ3n) is 3.25. The van der Waals surface area contributed by atoms with Crippen molar-refractivity contribution < 1.29 is 0 Å². The van der Waals surface area contributed by atoms with Crippen molar-refractivity contribution in [1.29, 1.82) is 0 Å². The second-order valence-corrected chi connectivity index (χ2v) is 6.02. The number of nitrogens with zero attached hydrogens (tertiary/aromatic N) is 1. The Morgan fingerprint density at radius 2 is 1.89 bits per heavy atom. The van der Waals surface area contributed by atoms with E-state index in [1.807, 2.05) is 6.07 Å². The average molecular weight is 333 g/mol. The first kappa shape index (κ1) is 12.6. The molecule has 2 aromatic carbocycles. The van der Waals surface area contributed by atoms with Crippen LogP contribution in [0.25, 0.3) is 16.7 Å². The number of hydrogen-bond acceptors (Lipinski definition) is 1. The summed E-state index contributed by atoms with van der Waals surface area (Å²) >= 11 is 9.00. The zero-order valence-electron chi connectivity index (χ0n) is 10.7. The van der Waals surface area contributed by atoms with Crippen molar-refractivity contribution in [3.05, 3.63) is 56.8 Å². The third-order valence-corrected chi connectivity index (χ3v) is 4.03. The van der Waals surface area contributed by atoms with Gasteiger partial charge in [0.15, 0.2) is 4.77 Å². The Bertz CT molecular complexity index is 830. The minimum atomic E-state index is 0.724. The lowest BCUT2D eigenvalue weighted by molar-refractivity contribution is 1.05. The number of imidazole rings is 1. The Labute approximate surface area is 125 Å². The minimum absolute atomic E-state index is 0.724. The van der Waals surface area contributed by atoms with Crippen molar-refractivity contribution in [3.8, 4) is 5.69 Å². The quantitative estimate of drug-likeness (QED) is 0.617. The van der Waals surface area contributed by atoms with Gasteiger partial charge < -0.3 is 4.98 Å². The Morgan fingerprint density at radius 3 is 2.68 bits per heavy atom. The maximum absolute atomic E-state index is 5.47. The molecule has 0 saturated carbocycles. The fraction of sp³-hybridized carbons (Fsp3) is 0.133. The topological polar surface area (TPSA) is 20.7 Å². The van der Waals surface area contributed by atoms with Crippen LogP contribution in [0.4, 0.5) is 0 Å². The van der Waals surface area contributed by atoms with Crippen LogP contribution in [-0.2, 0) is 0 Å². The second-order valence-electron chi connectivity index (χ2n) is 4.72. The van der Waals surface area contributed by atoms with Crippen molar-refractivity contribution in [3.63, 3.8) is 0 Å². The van der Waals surface area contributed by atoms with Gasteiger partial charge in [-0.2, -0.15) is 0 Å². The molecule has 0 saturated heterocycles. The Balaban J connectivity index is 2.42. The summed E-state index contributed by atoms with van der Waals surface area (Å²) in [5, 5.41) is 0. The molecule has 1 heterocycles. The molecule has 0 fully saturated rings. The van der Waals surface area contributed by atoms with Gasteiger partial charge in [-0.15, -0.1) is 0 Å². The molecule has 4 heteroatoms. The number of aromatic nitrogens is 2. The Kier molecular flexibility index (Phi) is 3.07. The van der Waals surface area contributed by atoms with Crippen LogP contribution in [0.1, 0.15) is 11.1 Å². The summed E-state index contributed by atoms with van der Waals surface area (Å²) in [6, 6.07) is 12.6. The zero-order chi connectivity index (χ0) is 13.6. The van der Waals surface area contributed by atoms with Crippen LogP contribution in [-0.4, -0.2) is 9.55 Å². The van der Waals surface area contributed by atoms with Crippen LogP contribution in [0, 0.1) is 18.6 Å². The summed E-state index contributed by atoms with van der Waals surface area (Å²) in [5.41, 5.74) is 5.71. The van der Waals surface area contributed by atoms with Crippen LogP contribution in [0.15, 0.2) is 40.9 Å². The summed E-state index contributed by atoms with van der Waals surface area (Å²) in [4.78, 5) is 3.26. The highest BCUT2D eigenvalue weighted by Gasteiger charge is 2.09. The summed E-state index contributed by atoms with van der Waals surface area (Å²) in [5.74, 6) is 0. The number of nitrogens with one attached hydrogen (secondary N) is 1. The van der Waals surface area contributed by atoms with E-state index in [1.165, 1.54) is 11.1 Å². The number of rotatable bonds is 1. The van der Waals surface area contributed by atoms with Crippen molar-refractivity contribution >= 4 is 39.2 Å². The van der Waals surface area contributed by atoms with Gasteiger partial charge in [-0.3, -0.25) is 4.57 Å². The molecule has 0 spiro atoms. The lowest BCUT2D eigenvalue weighted by atomic mass is 10.2. The normalized spacial score (nSPS) is 11.1. The van der Waals surface area contributed by atoms with Crippen LogP contribution >= 0.6 is 28.1 Å². The van der Waals surface area contributed by atoms with E-state index in [4.69, 9.17) is 12.2 Å². The number of hydrogen-bond donors (Lipinski definition) is 1. The zero-order valence-corrected chi connectivity index (χ0v) is 13.1. The SMILES string of the molecule is Cc1ccc2[nH]c(=S)n(-c3cc(Br)ccc3C)c2c1. The maximum Gasteiger partial charge on any atom is 0.182 e. The fourth-order valence-corrected chi connectivity index (χ4v) is 2.93. The predicted molar refractivity (Wildman–Crippen MR) is 85.6 cm³/mol. The van der Waals surface area contributed by atoms with Crippen molar-refractivity contribution in [2.24, 2.45) is 0 Å². The number of halogens is 1. The van der Waals surface area contributed by atoms with Gasteiger partial charge in [-0.1, -0.05) is 28.1 Å². The first-order valence-corrected chi connectivity index (χ1v) is 7.24. The highest BCUT2D eigenvalue weighted by molar-refractivity contribution is 9.10. The number of fused-ring (bicyclic) bond motifs is 1. The smallest absolute Gasteiger partial charge is 0.182 e. The molecule has 0 aliphatic heterocycles. The molecule has 1 aromatic heterocycles.